The SMILES string of the molecule is C/C=C(/Cl)c1c(C(C#N)NC(=O)[C@@H]2C3C(CN2C(=O)CNc2cncc(C(F)(F)F)n2)C3(C)C)cncc1C(C)(C)C1(C)CN(C(=O)CNc2nccnc2Cl)C[C@@H]1C. The van der Waals surface area contributed by atoms with Crippen molar-refractivity contribution >= 4 is 57.6 Å². The standard InChI is InChI=1S/C40H46Cl2F3N11O3/c1-8-25(41)31-22(12-47-13-23(31)38(5,6)39(7)20-55(18-21(39)2)29(57)16-52-35-34(42)49-9-10-50-35)26(11-46)53-36(59)33-32-24(37(32,3)4)19-56(33)30(58)17-51-28-15-48-14-27(54-28)40(43,44)45/h8-10,12-15,21,24,26,32-33H,16-20H2,1-7H3,(H,50,52)(H,51,54)(H,53,59)/b25-8+/t21-,24?,26?,32?,33-,39?/m0/s1. The molecule has 314 valence electrons. The summed E-state index contributed by atoms with van der Waals surface area (Å²) >= 11 is 13.1. The molecule has 3 amide bonds. The zero-order chi connectivity index (χ0) is 43.2. The van der Waals surface area contributed by atoms with E-state index in [-0.39, 0.29) is 53.1 Å². The number of anilines is 2. The van der Waals surface area contributed by atoms with Crippen molar-refractivity contribution in [3.8, 4) is 6.07 Å². The van der Waals surface area contributed by atoms with Gasteiger partial charge in [-0.3, -0.25) is 24.4 Å². The Labute approximate surface area is 350 Å². The lowest BCUT2D eigenvalue weighted by atomic mass is 9.58. The average Bonchev–Trinajstić information content (AvgIpc) is 3.47. The molecule has 14 nitrogen and oxygen atoms in total. The molecule has 0 bridgehead atoms. The Bertz CT molecular complexity index is 2210. The third kappa shape index (κ3) is 8.13. The molecule has 2 aliphatic heterocycles. The summed E-state index contributed by atoms with van der Waals surface area (Å²) in [5, 5.41) is 19.6. The first-order valence-corrected chi connectivity index (χ1v) is 19.8. The second-order valence-corrected chi connectivity index (χ2v) is 17.5. The highest BCUT2D eigenvalue weighted by Crippen LogP contribution is 2.65. The van der Waals surface area contributed by atoms with Gasteiger partial charge in [0.15, 0.2) is 16.7 Å². The summed E-state index contributed by atoms with van der Waals surface area (Å²) in [6.07, 6.45) is 4.78. The molecular weight excluding hydrogens is 810 g/mol. The minimum atomic E-state index is -4.72. The van der Waals surface area contributed by atoms with Crippen LogP contribution in [0, 0.1) is 39.9 Å². The number of allylic oxidation sites excluding steroid dienone is 1. The van der Waals surface area contributed by atoms with E-state index in [1.54, 1.807) is 24.1 Å². The van der Waals surface area contributed by atoms with Crippen molar-refractivity contribution < 1.29 is 27.6 Å². The van der Waals surface area contributed by atoms with Gasteiger partial charge in [-0.15, -0.1) is 0 Å². The van der Waals surface area contributed by atoms with E-state index < -0.39 is 53.1 Å². The van der Waals surface area contributed by atoms with Crippen molar-refractivity contribution in [3.63, 3.8) is 0 Å². The number of carbonyl (C=O) groups excluding carboxylic acids is 3. The van der Waals surface area contributed by atoms with Crippen molar-refractivity contribution in [3.05, 3.63) is 70.8 Å². The molecule has 2 saturated heterocycles. The van der Waals surface area contributed by atoms with Crippen LogP contribution in [0.3, 0.4) is 0 Å². The monoisotopic (exact) mass is 855 g/mol. The highest BCUT2D eigenvalue weighted by molar-refractivity contribution is 6.49. The summed E-state index contributed by atoms with van der Waals surface area (Å²) in [4.78, 5) is 64.4. The molecular formula is C40H46Cl2F3N11O3. The molecule has 1 saturated carbocycles. The van der Waals surface area contributed by atoms with Gasteiger partial charge in [0.1, 0.15) is 17.9 Å². The van der Waals surface area contributed by atoms with Crippen LogP contribution in [-0.4, -0.2) is 91.2 Å². The first kappa shape index (κ1) is 43.5. The Morgan fingerprint density at radius 1 is 1.03 bits per heavy atom. The van der Waals surface area contributed by atoms with Gasteiger partial charge in [0.25, 0.3) is 0 Å². The summed E-state index contributed by atoms with van der Waals surface area (Å²) in [5.41, 5.74) is -1.12. The largest absolute Gasteiger partial charge is 0.434 e. The molecule has 19 heteroatoms. The maximum atomic E-state index is 14.3. The molecule has 3 aromatic heterocycles. The fraction of sp³-hybridized carbons (Fsp3) is 0.525. The van der Waals surface area contributed by atoms with E-state index in [0.29, 0.717) is 46.8 Å². The summed E-state index contributed by atoms with van der Waals surface area (Å²) in [7, 11) is 0. The average molecular weight is 857 g/mol. The number of fused-ring (bicyclic) bond motifs is 1. The van der Waals surface area contributed by atoms with Crippen molar-refractivity contribution in [2.75, 3.05) is 43.4 Å². The highest BCUT2D eigenvalue weighted by atomic mass is 35.5. The van der Waals surface area contributed by atoms with Crippen LogP contribution in [0.25, 0.3) is 5.03 Å². The number of pyridine rings is 1. The maximum Gasteiger partial charge on any atom is 0.434 e. The lowest BCUT2D eigenvalue weighted by Crippen LogP contribution is -2.51. The van der Waals surface area contributed by atoms with Gasteiger partial charge in [0.2, 0.25) is 17.7 Å². The fourth-order valence-electron chi connectivity index (χ4n) is 8.86. The minimum Gasteiger partial charge on any atom is -0.360 e. The molecule has 3 aromatic rings. The Balaban J connectivity index is 1.23. The van der Waals surface area contributed by atoms with Gasteiger partial charge >= 0.3 is 6.18 Å². The fourth-order valence-corrected chi connectivity index (χ4v) is 9.24. The van der Waals surface area contributed by atoms with E-state index in [1.807, 2.05) is 13.8 Å². The van der Waals surface area contributed by atoms with Crippen LogP contribution in [0.5, 0.6) is 0 Å². The first-order chi connectivity index (χ1) is 27.7. The molecule has 0 spiro atoms. The second-order valence-electron chi connectivity index (χ2n) is 16.7. The van der Waals surface area contributed by atoms with Gasteiger partial charge in [-0.05, 0) is 46.5 Å². The quantitative estimate of drug-likeness (QED) is 0.192. The van der Waals surface area contributed by atoms with Gasteiger partial charge in [-0.2, -0.15) is 18.4 Å². The summed E-state index contributed by atoms with van der Waals surface area (Å²) < 4.78 is 39.6. The van der Waals surface area contributed by atoms with Gasteiger partial charge in [0, 0.05) is 60.6 Å². The smallest absolute Gasteiger partial charge is 0.360 e. The van der Waals surface area contributed by atoms with Crippen LogP contribution < -0.4 is 16.0 Å². The molecule has 0 aromatic carbocycles. The van der Waals surface area contributed by atoms with E-state index >= 15 is 0 Å². The van der Waals surface area contributed by atoms with Crippen molar-refractivity contribution in [1.29, 1.82) is 5.26 Å². The number of nitrogens with one attached hydrogen (secondary N) is 3. The number of likely N-dealkylation sites (tertiary alicyclic amines) is 2. The normalized spacial score (nSPS) is 24.2. The van der Waals surface area contributed by atoms with Gasteiger partial charge in [-0.1, -0.05) is 70.8 Å². The topological polar surface area (TPSA) is 182 Å². The summed E-state index contributed by atoms with van der Waals surface area (Å²) in [6, 6.07) is 0.0144. The predicted molar refractivity (Wildman–Crippen MR) is 214 cm³/mol. The number of carbonyl (C=O) groups is 3. The molecule has 1 aliphatic carbocycles. The lowest BCUT2D eigenvalue weighted by Gasteiger charge is -2.45. The van der Waals surface area contributed by atoms with Crippen LogP contribution in [0.15, 0.2) is 43.3 Å². The van der Waals surface area contributed by atoms with Crippen LogP contribution in [0.2, 0.25) is 5.15 Å². The third-order valence-electron chi connectivity index (χ3n) is 13.0. The number of nitriles is 1. The summed E-state index contributed by atoms with van der Waals surface area (Å²) in [5.74, 6) is -1.39. The number of hydrogen-bond donors (Lipinski definition) is 3. The number of nitrogens with zero attached hydrogens (tertiary/aromatic N) is 8. The molecule has 5 heterocycles. The Hall–Kier alpha value is -5.08. The summed E-state index contributed by atoms with van der Waals surface area (Å²) in [6.45, 7) is 14.7. The first-order valence-electron chi connectivity index (χ1n) is 19.1. The second kappa shape index (κ2) is 16.2. The molecule has 0 radical (unpaired) electrons. The number of rotatable bonds is 12. The third-order valence-corrected chi connectivity index (χ3v) is 13.6. The van der Waals surface area contributed by atoms with Crippen molar-refractivity contribution in [2.24, 2.45) is 28.6 Å². The predicted octanol–water partition coefficient (Wildman–Crippen LogP) is 6.08. The molecule has 4 unspecified atom stereocenters. The van der Waals surface area contributed by atoms with Crippen LogP contribution in [0.4, 0.5) is 24.8 Å². The lowest BCUT2D eigenvalue weighted by molar-refractivity contribution is -0.141. The van der Waals surface area contributed by atoms with Crippen LogP contribution in [0.1, 0.15) is 76.9 Å². The Morgan fingerprint density at radius 3 is 2.37 bits per heavy atom. The molecule has 3 N–H and O–H groups in total. The zero-order valence-corrected chi connectivity index (χ0v) is 35.2. The Morgan fingerprint density at radius 2 is 1.71 bits per heavy atom. The Kier molecular flexibility index (Phi) is 11.9. The van der Waals surface area contributed by atoms with Crippen LogP contribution >= 0.6 is 23.2 Å². The number of piperidine rings is 1. The van der Waals surface area contributed by atoms with E-state index in [9.17, 15) is 32.8 Å². The van der Waals surface area contributed by atoms with Crippen molar-refractivity contribution in [2.45, 2.75) is 72.1 Å². The van der Waals surface area contributed by atoms with Gasteiger partial charge < -0.3 is 25.8 Å². The van der Waals surface area contributed by atoms with E-state index in [1.165, 1.54) is 23.5 Å². The van der Waals surface area contributed by atoms with Gasteiger partial charge in [0.05, 0.1) is 31.6 Å². The molecule has 59 heavy (non-hydrogen) atoms. The van der Waals surface area contributed by atoms with E-state index in [4.69, 9.17) is 23.2 Å². The van der Waals surface area contributed by atoms with Crippen molar-refractivity contribution in [1.82, 2.24) is 40.0 Å². The number of hydrogen-bond acceptors (Lipinski definition) is 11. The minimum absolute atomic E-state index is 0.00361. The van der Waals surface area contributed by atoms with E-state index in [0.717, 1.165) is 6.20 Å². The maximum absolute atomic E-state index is 14.3. The van der Waals surface area contributed by atoms with E-state index in [2.05, 4.69) is 74.6 Å². The molecule has 6 rings (SSSR count). The zero-order valence-electron chi connectivity index (χ0n) is 33.7. The number of alkyl halides is 3. The molecule has 3 fully saturated rings. The number of halogens is 5. The van der Waals surface area contributed by atoms with Gasteiger partial charge in [-0.25, -0.2) is 15.0 Å². The molecule has 3 aliphatic rings. The number of amides is 3. The highest BCUT2D eigenvalue weighted by Gasteiger charge is 2.69. The van der Waals surface area contributed by atoms with Crippen LogP contribution in [-0.2, 0) is 26.0 Å². The molecule has 6 atom stereocenters. The number of aromatic nitrogens is 5.